The molecule has 0 N–H and O–H groups in total. The minimum Gasteiger partial charge on any atom is -0.487 e. The van der Waals surface area contributed by atoms with Gasteiger partial charge in [0.2, 0.25) is 0 Å². The van der Waals surface area contributed by atoms with Crippen LogP contribution in [0.25, 0.3) is 0 Å². The van der Waals surface area contributed by atoms with Crippen LogP contribution in [0.3, 0.4) is 0 Å². The van der Waals surface area contributed by atoms with Gasteiger partial charge in [0, 0.05) is 5.02 Å². The molecular weight excluding hydrogens is 288 g/mol. The molecule has 0 aliphatic heterocycles. The second-order valence-electron chi connectivity index (χ2n) is 3.82. The Labute approximate surface area is 119 Å². The van der Waals surface area contributed by atoms with Crippen molar-refractivity contribution in [1.29, 1.82) is 5.26 Å². The molecule has 0 saturated carbocycles. The number of hydrogen-bond acceptors (Lipinski definition) is 2. The summed E-state index contributed by atoms with van der Waals surface area (Å²) in [6, 6.07) is 10.8. The summed E-state index contributed by atoms with van der Waals surface area (Å²) in [7, 11) is 0. The number of halogens is 3. The monoisotopic (exact) mass is 295 g/mol. The van der Waals surface area contributed by atoms with Crippen molar-refractivity contribution in [1.82, 2.24) is 0 Å². The summed E-state index contributed by atoms with van der Waals surface area (Å²) in [5.41, 5.74) is 0.809. The number of nitriles is 1. The molecule has 0 unspecified atom stereocenters. The maximum absolute atomic E-state index is 13.2. The maximum Gasteiger partial charge on any atom is 0.138 e. The molecule has 2 nitrogen and oxygen atoms in total. The molecule has 0 aliphatic carbocycles. The van der Waals surface area contributed by atoms with Crippen LogP contribution in [0.4, 0.5) is 4.39 Å². The number of ether oxygens (including phenoxy) is 1. The van der Waals surface area contributed by atoms with Gasteiger partial charge in [0.25, 0.3) is 0 Å². The third-order valence-electron chi connectivity index (χ3n) is 2.37. The molecule has 19 heavy (non-hydrogen) atoms. The second-order valence-corrected chi connectivity index (χ2v) is 4.67. The summed E-state index contributed by atoms with van der Waals surface area (Å²) in [6.07, 6.45) is 0. The number of nitrogens with zero attached hydrogens (tertiary/aromatic N) is 1. The number of rotatable bonds is 3. The molecule has 0 aromatic heterocycles. The molecule has 0 saturated heterocycles. The van der Waals surface area contributed by atoms with Crippen molar-refractivity contribution in [2.45, 2.75) is 6.61 Å². The van der Waals surface area contributed by atoms with Crippen LogP contribution in [0.1, 0.15) is 11.1 Å². The van der Waals surface area contributed by atoms with Crippen LogP contribution < -0.4 is 4.74 Å². The third-order valence-corrected chi connectivity index (χ3v) is 2.91. The van der Waals surface area contributed by atoms with Crippen LogP contribution in [-0.4, -0.2) is 0 Å². The quantitative estimate of drug-likeness (QED) is 0.830. The Balaban J connectivity index is 2.14. The molecule has 2 aromatic carbocycles. The van der Waals surface area contributed by atoms with E-state index in [2.05, 4.69) is 0 Å². The minimum atomic E-state index is -0.472. The van der Waals surface area contributed by atoms with E-state index in [0.29, 0.717) is 21.4 Å². The van der Waals surface area contributed by atoms with Gasteiger partial charge in [-0.25, -0.2) is 4.39 Å². The highest BCUT2D eigenvalue weighted by atomic mass is 35.5. The average molecular weight is 296 g/mol. The normalized spacial score (nSPS) is 10.0. The first-order valence-corrected chi connectivity index (χ1v) is 6.11. The van der Waals surface area contributed by atoms with Crippen LogP contribution in [-0.2, 0) is 6.61 Å². The summed E-state index contributed by atoms with van der Waals surface area (Å²) >= 11 is 11.7. The lowest BCUT2D eigenvalue weighted by molar-refractivity contribution is 0.306. The van der Waals surface area contributed by atoms with Crippen molar-refractivity contribution >= 4 is 23.2 Å². The molecule has 0 aliphatic rings. The lowest BCUT2D eigenvalue weighted by Crippen LogP contribution is -1.97. The van der Waals surface area contributed by atoms with Crippen molar-refractivity contribution < 1.29 is 9.13 Å². The van der Waals surface area contributed by atoms with E-state index >= 15 is 0 Å². The lowest BCUT2D eigenvalue weighted by Gasteiger charge is -2.08. The SMILES string of the molecule is N#Cc1cc(F)cc(COc2ccc(Cl)cc2Cl)c1. The van der Waals surface area contributed by atoms with Gasteiger partial charge in [-0.15, -0.1) is 0 Å². The van der Waals surface area contributed by atoms with Gasteiger partial charge in [0.1, 0.15) is 18.2 Å². The first-order valence-electron chi connectivity index (χ1n) is 5.36. The van der Waals surface area contributed by atoms with Gasteiger partial charge in [-0.3, -0.25) is 0 Å². The van der Waals surface area contributed by atoms with Crippen molar-refractivity contribution in [3.8, 4) is 11.8 Å². The Morgan fingerprint density at radius 3 is 2.63 bits per heavy atom. The Morgan fingerprint density at radius 2 is 1.95 bits per heavy atom. The highest BCUT2D eigenvalue weighted by Gasteiger charge is 2.05. The molecule has 2 rings (SSSR count). The van der Waals surface area contributed by atoms with Crippen LogP contribution >= 0.6 is 23.2 Å². The number of hydrogen-bond donors (Lipinski definition) is 0. The standard InChI is InChI=1S/C14H8Cl2FNO/c15-11-1-2-14(13(16)6-11)19-8-10-3-9(7-18)4-12(17)5-10/h1-6H,8H2. The van der Waals surface area contributed by atoms with Gasteiger partial charge < -0.3 is 4.74 Å². The third kappa shape index (κ3) is 3.60. The predicted octanol–water partition coefficient (Wildman–Crippen LogP) is 4.58. The van der Waals surface area contributed by atoms with Crippen molar-refractivity contribution in [2.24, 2.45) is 0 Å². The Morgan fingerprint density at radius 1 is 1.16 bits per heavy atom. The zero-order chi connectivity index (χ0) is 13.8. The zero-order valence-electron chi connectivity index (χ0n) is 9.66. The molecule has 0 spiro atoms. The van der Waals surface area contributed by atoms with Gasteiger partial charge in [-0.1, -0.05) is 23.2 Å². The maximum atomic E-state index is 13.2. The van der Waals surface area contributed by atoms with E-state index in [4.69, 9.17) is 33.2 Å². The van der Waals surface area contributed by atoms with Gasteiger partial charge in [-0.05, 0) is 42.0 Å². The van der Waals surface area contributed by atoms with Gasteiger partial charge >= 0.3 is 0 Å². The van der Waals surface area contributed by atoms with Crippen LogP contribution in [0.5, 0.6) is 5.75 Å². The minimum absolute atomic E-state index is 0.119. The molecule has 0 heterocycles. The largest absolute Gasteiger partial charge is 0.487 e. The summed E-state index contributed by atoms with van der Waals surface area (Å²) < 4.78 is 18.7. The molecule has 0 atom stereocenters. The second kappa shape index (κ2) is 5.92. The molecule has 0 radical (unpaired) electrons. The van der Waals surface area contributed by atoms with Gasteiger partial charge in [0.05, 0.1) is 16.7 Å². The van der Waals surface area contributed by atoms with E-state index in [-0.39, 0.29) is 12.2 Å². The summed E-state index contributed by atoms with van der Waals surface area (Å²) in [4.78, 5) is 0. The molecule has 0 bridgehead atoms. The van der Waals surface area contributed by atoms with Gasteiger partial charge in [0.15, 0.2) is 0 Å². The summed E-state index contributed by atoms with van der Waals surface area (Å²) in [5, 5.41) is 9.64. The topological polar surface area (TPSA) is 33.0 Å². The Hall–Kier alpha value is -1.76. The average Bonchev–Trinajstić information content (AvgIpc) is 2.37. The molecule has 5 heteroatoms. The van der Waals surface area contributed by atoms with Crippen molar-refractivity contribution in [3.05, 3.63) is 63.4 Å². The fourth-order valence-electron chi connectivity index (χ4n) is 1.55. The highest BCUT2D eigenvalue weighted by molar-refractivity contribution is 6.35. The van der Waals surface area contributed by atoms with Crippen LogP contribution in [0.15, 0.2) is 36.4 Å². The van der Waals surface area contributed by atoms with E-state index in [0.717, 1.165) is 0 Å². The van der Waals surface area contributed by atoms with Crippen molar-refractivity contribution in [3.63, 3.8) is 0 Å². The number of benzene rings is 2. The first kappa shape index (κ1) is 13.7. The highest BCUT2D eigenvalue weighted by Crippen LogP contribution is 2.28. The van der Waals surface area contributed by atoms with E-state index in [1.807, 2.05) is 6.07 Å². The molecule has 0 fully saturated rings. The lowest BCUT2D eigenvalue weighted by atomic mass is 10.1. The van der Waals surface area contributed by atoms with E-state index in [1.165, 1.54) is 12.1 Å². The van der Waals surface area contributed by atoms with Crippen molar-refractivity contribution in [2.75, 3.05) is 0 Å². The smallest absolute Gasteiger partial charge is 0.138 e. The fourth-order valence-corrected chi connectivity index (χ4v) is 2.01. The summed E-state index contributed by atoms with van der Waals surface area (Å²) in [5.74, 6) is -0.0197. The fraction of sp³-hybridized carbons (Fsp3) is 0.0714. The van der Waals surface area contributed by atoms with Gasteiger partial charge in [-0.2, -0.15) is 5.26 Å². The molecular formula is C14H8Cl2FNO. The van der Waals surface area contributed by atoms with Crippen LogP contribution in [0, 0.1) is 17.1 Å². The predicted molar refractivity (Wildman–Crippen MR) is 71.9 cm³/mol. The van der Waals surface area contributed by atoms with E-state index in [1.54, 1.807) is 24.3 Å². The zero-order valence-corrected chi connectivity index (χ0v) is 11.2. The first-order chi connectivity index (χ1) is 9.08. The molecule has 0 amide bonds. The van der Waals surface area contributed by atoms with Crippen LogP contribution in [0.2, 0.25) is 10.0 Å². The molecule has 96 valence electrons. The van der Waals surface area contributed by atoms with E-state index < -0.39 is 5.82 Å². The molecule has 2 aromatic rings. The summed E-state index contributed by atoms with van der Waals surface area (Å²) in [6.45, 7) is 0.119. The van der Waals surface area contributed by atoms with E-state index in [9.17, 15) is 4.39 Å². The Bertz CT molecular complexity index is 652. The Kier molecular flexibility index (Phi) is 4.26.